The van der Waals surface area contributed by atoms with Crippen LogP contribution in [0.1, 0.15) is 12.2 Å². The Hall–Kier alpha value is -2.04. The molecule has 0 bridgehead atoms. The Labute approximate surface area is 94.1 Å². The lowest BCUT2D eigenvalue weighted by Crippen LogP contribution is -2.03. The van der Waals surface area contributed by atoms with Gasteiger partial charge in [0.1, 0.15) is 12.2 Å². The van der Waals surface area contributed by atoms with Gasteiger partial charge in [-0.25, -0.2) is 4.98 Å². The summed E-state index contributed by atoms with van der Waals surface area (Å²) in [5.41, 5.74) is 7.51. The molecule has 0 saturated carbocycles. The van der Waals surface area contributed by atoms with Crippen LogP contribution in [0.25, 0.3) is 0 Å². The van der Waals surface area contributed by atoms with Gasteiger partial charge in [-0.05, 0) is 24.6 Å². The molecule has 4 N–H and O–H groups in total. The number of hydrogen-bond acceptors (Lipinski definition) is 4. The average molecular weight is 217 g/mol. The maximum atomic E-state index is 5.68. The number of hydrogen-bond donors (Lipinski definition) is 3. The molecule has 0 saturated heterocycles. The third-order valence-corrected chi connectivity index (χ3v) is 2.27. The Bertz CT molecular complexity index is 424. The minimum Gasteiger partial charge on any atom is -0.399 e. The number of benzene rings is 1. The first kappa shape index (κ1) is 10.5. The summed E-state index contributed by atoms with van der Waals surface area (Å²) in [6.45, 7) is 0.893. The fourth-order valence-corrected chi connectivity index (χ4v) is 1.49. The molecule has 0 spiro atoms. The molecule has 0 atom stereocenters. The number of nitrogens with zero attached hydrogens (tertiary/aromatic N) is 2. The molecular formula is C11H15N5. The number of aromatic amines is 1. The molecular weight excluding hydrogens is 202 g/mol. The highest BCUT2D eigenvalue weighted by Crippen LogP contribution is 2.11. The van der Waals surface area contributed by atoms with Crippen LogP contribution in [-0.4, -0.2) is 21.7 Å². The van der Waals surface area contributed by atoms with E-state index < -0.39 is 0 Å². The van der Waals surface area contributed by atoms with Gasteiger partial charge in [0, 0.05) is 24.3 Å². The number of nitrogens with one attached hydrogen (secondary N) is 2. The summed E-state index contributed by atoms with van der Waals surface area (Å²) in [7, 11) is 0. The lowest BCUT2D eigenvalue weighted by Gasteiger charge is -2.05. The van der Waals surface area contributed by atoms with Gasteiger partial charge in [-0.3, -0.25) is 5.10 Å². The number of nitrogens with two attached hydrogens (primary N) is 1. The molecule has 0 radical (unpaired) electrons. The molecule has 16 heavy (non-hydrogen) atoms. The molecule has 5 nitrogen and oxygen atoms in total. The Balaban J connectivity index is 1.72. The van der Waals surface area contributed by atoms with Crippen molar-refractivity contribution in [3.05, 3.63) is 36.4 Å². The van der Waals surface area contributed by atoms with Gasteiger partial charge in [0.05, 0.1) is 0 Å². The lowest BCUT2D eigenvalue weighted by atomic mass is 10.2. The van der Waals surface area contributed by atoms with E-state index in [1.165, 1.54) is 6.33 Å². The SMILES string of the molecule is Nc1cccc(NCCCc2ncn[nH]2)c1. The van der Waals surface area contributed by atoms with E-state index in [4.69, 9.17) is 5.73 Å². The van der Waals surface area contributed by atoms with E-state index in [0.29, 0.717) is 0 Å². The summed E-state index contributed by atoms with van der Waals surface area (Å²) >= 11 is 0. The molecule has 0 aliphatic rings. The Morgan fingerprint density at radius 2 is 2.31 bits per heavy atom. The summed E-state index contributed by atoms with van der Waals surface area (Å²) in [4.78, 5) is 4.06. The van der Waals surface area contributed by atoms with Crippen molar-refractivity contribution in [2.45, 2.75) is 12.8 Å². The summed E-state index contributed by atoms with van der Waals surface area (Å²) in [5.74, 6) is 0.925. The zero-order valence-electron chi connectivity index (χ0n) is 8.98. The predicted molar refractivity (Wildman–Crippen MR) is 64.0 cm³/mol. The smallest absolute Gasteiger partial charge is 0.137 e. The van der Waals surface area contributed by atoms with Crippen LogP contribution in [0.4, 0.5) is 11.4 Å². The second-order valence-electron chi connectivity index (χ2n) is 3.59. The molecule has 1 heterocycles. The predicted octanol–water partition coefficient (Wildman–Crippen LogP) is 1.43. The van der Waals surface area contributed by atoms with Crippen LogP contribution < -0.4 is 11.1 Å². The van der Waals surface area contributed by atoms with Crippen LogP contribution in [0, 0.1) is 0 Å². The quantitative estimate of drug-likeness (QED) is 0.523. The van der Waals surface area contributed by atoms with Gasteiger partial charge < -0.3 is 11.1 Å². The van der Waals surface area contributed by atoms with Crippen LogP contribution in [0.15, 0.2) is 30.6 Å². The van der Waals surface area contributed by atoms with Crippen molar-refractivity contribution in [3.63, 3.8) is 0 Å². The first-order valence-corrected chi connectivity index (χ1v) is 5.28. The normalized spacial score (nSPS) is 10.2. The van der Waals surface area contributed by atoms with E-state index in [1.54, 1.807) is 0 Å². The third kappa shape index (κ3) is 2.98. The van der Waals surface area contributed by atoms with E-state index in [2.05, 4.69) is 20.5 Å². The van der Waals surface area contributed by atoms with E-state index in [9.17, 15) is 0 Å². The molecule has 1 aromatic carbocycles. The van der Waals surface area contributed by atoms with Crippen LogP contribution in [0.2, 0.25) is 0 Å². The fraction of sp³-hybridized carbons (Fsp3) is 0.273. The number of aryl methyl sites for hydroxylation is 1. The van der Waals surface area contributed by atoms with E-state index >= 15 is 0 Å². The van der Waals surface area contributed by atoms with Crippen molar-refractivity contribution < 1.29 is 0 Å². The van der Waals surface area contributed by atoms with Crippen LogP contribution >= 0.6 is 0 Å². The summed E-state index contributed by atoms with van der Waals surface area (Å²) in [5, 5.41) is 9.94. The van der Waals surface area contributed by atoms with E-state index in [0.717, 1.165) is 36.6 Å². The Morgan fingerprint density at radius 1 is 1.38 bits per heavy atom. The molecule has 84 valence electrons. The molecule has 2 aromatic rings. The first-order valence-electron chi connectivity index (χ1n) is 5.28. The summed E-state index contributed by atoms with van der Waals surface area (Å²) in [6.07, 6.45) is 3.43. The molecule has 5 heteroatoms. The zero-order valence-corrected chi connectivity index (χ0v) is 8.98. The van der Waals surface area contributed by atoms with Crippen LogP contribution in [0.3, 0.4) is 0 Å². The van der Waals surface area contributed by atoms with Gasteiger partial charge in [-0.15, -0.1) is 0 Å². The average Bonchev–Trinajstić information content (AvgIpc) is 2.77. The minimum atomic E-state index is 0.778. The number of rotatable bonds is 5. The highest BCUT2D eigenvalue weighted by atomic mass is 15.2. The highest BCUT2D eigenvalue weighted by molar-refractivity contribution is 5.53. The molecule has 0 unspecified atom stereocenters. The van der Waals surface area contributed by atoms with E-state index in [1.807, 2.05) is 24.3 Å². The topological polar surface area (TPSA) is 79.6 Å². The van der Waals surface area contributed by atoms with Crippen molar-refractivity contribution in [2.75, 3.05) is 17.6 Å². The molecule has 0 fully saturated rings. The van der Waals surface area contributed by atoms with Crippen molar-refractivity contribution >= 4 is 11.4 Å². The lowest BCUT2D eigenvalue weighted by molar-refractivity contribution is 0.806. The Kier molecular flexibility index (Phi) is 3.38. The Morgan fingerprint density at radius 3 is 3.06 bits per heavy atom. The van der Waals surface area contributed by atoms with Crippen molar-refractivity contribution in [2.24, 2.45) is 0 Å². The van der Waals surface area contributed by atoms with Gasteiger partial charge >= 0.3 is 0 Å². The van der Waals surface area contributed by atoms with Gasteiger partial charge in [0.2, 0.25) is 0 Å². The maximum Gasteiger partial charge on any atom is 0.137 e. The molecule has 0 aliphatic heterocycles. The third-order valence-electron chi connectivity index (χ3n) is 2.27. The maximum absolute atomic E-state index is 5.68. The van der Waals surface area contributed by atoms with Gasteiger partial charge in [0.15, 0.2) is 0 Å². The highest BCUT2D eigenvalue weighted by Gasteiger charge is 1.96. The fourth-order valence-electron chi connectivity index (χ4n) is 1.49. The minimum absolute atomic E-state index is 0.778. The molecule has 2 rings (SSSR count). The standard InChI is InChI=1S/C11H15N5/c12-9-3-1-4-10(7-9)13-6-2-5-11-14-8-15-16-11/h1,3-4,7-8,13H,2,5-6,12H2,(H,14,15,16). The monoisotopic (exact) mass is 217 g/mol. The second-order valence-corrected chi connectivity index (χ2v) is 3.59. The van der Waals surface area contributed by atoms with Gasteiger partial charge in [-0.2, -0.15) is 5.10 Å². The van der Waals surface area contributed by atoms with Crippen LogP contribution in [0.5, 0.6) is 0 Å². The number of H-pyrrole nitrogens is 1. The van der Waals surface area contributed by atoms with Crippen molar-refractivity contribution in [1.29, 1.82) is 0 Å². The van der Waals surface area contributed by atoms with E-state index in [-0.39, 0.29) is 0 Å². The molecule has 1 aromatic heterocycles. The molecule has 0 amide bonds. The van der Waals surface area contributed by atoms with Gasteiger partial charge in [0.25, 0.3) is 0 Å². The van der Waals surface area contributed by atoms with Crippen LogP contribution in [-0.2, 0) is 6.42 Å². The molecule has 0 aliphatic carbocycles. The van der Waals surface area contributed by atoms with Crippen molar-refractivity contribution in [3.8, 4) is 0 Å². The number of aromatic nitrogens is 3. The largest absolute Gasteiger partial charge is 0.399 e. The number of nitrogen functional groups attached to an aromatic ring is 1. The summed E-state index contributed by atoms with van der Waals surface area (Å²) < 4.78 is 0. The first-order chi connectivity index (χ1) is 7.84. The number of anilines is 2. The second kappa shape index (κ2) is 5.16. The summed E-state index contributed by atoms with van der Waals surface area (Å²) in [6, 6.07) is 7.74. The van der Waals surface area contributed by atoms with Gasteiger partial charge in [-0.1, -0.05) is 6.07 Å². The van der Waals surface area contributed by atoms with Crippen molar-refractivity contribution in [1.82, 2.24) is 15.2 Å². The zero-order chi connectivity index (χ0) is 11.2.